The Morgan fingerprint density at radius 3 is 2.27 bits per heavy atom. The number of nitrogens with zero attached hydrogens (tertiary/aromatic N) is 1. The molecule has 198 valence electrons. The van der Waals surface area contributed by atoms with Crippen molar-refractivity contribution in [1.29, 1.82) is 0 Å². The van der Waals surface area contributed by atoms with E-state index in [2.05, 4.69) is 5.32 Å². The Labute approximate surface area is 228 Å². The Kier molecular flexibility index (Phi) is 7.34. The molecular weight excluding hydrogens is 511 g/mol. The minimum Gasteiger partial charge on any atom is -0.493 e. The van der Waals surface area contributed by atoms with E-state index < -0.39 is 5.41 Å². The Bertz CT molecular complexity index is 1180. The first-order valence-corrected chi connectivity index (χ1v) is 13.8. The van der Waals surface area contributed by atoms with Crippen molar-refractivity contribution in [3.05, 3.63) is 57.6 Å². The second-order valence-electron chi connectivity index (χ2n) is 10.9. The summed E-state index contributed by atoms with van der Waals surface area (Å²) in [6, 6.07) is 11.6. The van der Waals surface area contributed by atoms with Gasteiger partial charge >= 0.3 is 0 Å². The lowest BCUT2D eigenvalue weighted by atomic mass is 9.60. The van der Waals surface area contributed by atoms with Crippen LogP contribution in [0.4, 0.5) is 0 Å². The zero-order chi connectivity index (χ0) is 26.2. The van der Waals surface area contributed by atoms with E-state index in [4.69, 9.17) is 32.7 Å². The van der Waals surface area contributed by atoms with Crippen molar-refractivity contribution < 1.29 is 19.1 Å². The third kappa shape index (κ3) is 5.28. The number of hydrogen-bond acceptors (Lipinski definition) is 4. The number of hydrogen-bond donors (Lipinski definition) is 1. The normalized spacial score (nSPS) is 19.7. The minimum atomic E-state index is -0.428. The molecule has 2 aliphatic carbocycles. The number of piperidine rings is 1. The van der Waals surface area contributed by atoms with Crippen molar-refractivity contribution in [3.63, 3.8) is 0 Å². The Hall–Kier alpha value is -2.44. The summed E-state index contributed by atoms with van der Waals surface area (Å²) in [5.74, 6) is 1.67. The highest BCUT2D eigenvalue weighted by atomic mass is 35.5. The number of carbonyl (C=O) groups is 2. The highest BCUT2D eigenvalue weighted by Crippen LogP contribution is 2.53. The molecule has 3 fully saturated rings. The maximum Gasteiger partial charge on any atom is 0.233 e. The molecule has 1 heterocycles. The van der Waals surface area contributed by atoms with Crippen molar-refractivity contribution in [2.75, 3.05) is 27.3 Å². The van der Waals surface area contributed by atoms with Gasteiger partial charge in [0, 0.05) is 25.6 Å². The monoisotopic (exact) mass is 544 g/mol. The number of carbonyl (C=O) groups excluding carboxylic acids is 2. The molecule has 6 nitrogen and oxygen atoms in total. The summed E-state index contributed by atoms with van der Waals surface area (Å²) in [7, 11) is 3.22. The lowest BCUT2D eigenvalue weighted by molar-refractivity contribution is -0.138. The van der Waals surface area contributed by atoms with Gasteiger partial charge in [0.05, 0.1) is 29.7 Å². The first-order valence-electron chi connectivity index (χ1n) is 13.0. The lowest BCUT2D eigenvalue weighted by Gasteiger charge is -2.52. The quantitative estimate of drug-likeness (QED) is 0.472. The average molecular weight is 546 g/mol. The van der Waals surface area contributed by atoms with Gasteiger partial charge in [-0.1, -0.05) is 35.3 Å². The molecule has 1 N–H and O–H groups in total. The second kappa shape index (κ2) is 10.4. The van der Waals surface area contributed by atoms with Crippen molar-refractivity contribution in [1.82, 2.24) is 10.2 Å². The number of nitrogens with one attached hydrogen (secondary N) is 1. The molecule has 1 spiro atoms. The smallest absolute Gasteiger partial charge is 0.233 e. The molecule has 5 rings (SSSR count). The van der Waals surface area contributed by atoms with Crippen LogP contribution in [-0.2, 0) is 21.4 Å². The number of rotatable bonds is 8. The standard InChI is InChI=1S/C29H34Cl2N2O4/c1-36-24-7-3-19(15-25(24)37-2)4-8-26(34)32-21-17-28(18-21)11-13-33(14-12-28)27(35)29(9-10-29)20-5-6-22(30)23(31)16-20/h3,5-7,15-16,21H,4,8-14,17-18H2,1-2H3,(H,32,34). The van der Waals surface area contributed by atoms with Crippen LogP contribution in [0, 0.1) is 5.41 Å². The molecular formula is C29H34Cl2N2O4. The van der Waals surface area contributed by atoms with Gasteiger partial charge in [0.25, 0.3) is 0 Å². The number of methoxy groups -OCH3 is 2. The molecule has 0 atom stereocenters. The van der Waals surface area contributed by atoms with Gasteiger partial charge in [-0.05, 0) is 85.8 Å². The molecule has 0 bridgehead atoms. The van der Waals surface area contributed by atoms with E-state index >= 15 is 0 Å². The summed E-state index contributed by atoms with van der Waals surface area (Å²) in [6.45, 7) is 1.56. The van der Waals surface area contributed by atoms with E-state index in [0.717, 1.165) is 62.7 Å². The average Bonchev–Trinajstić information content (AvgIpc) is 3.70. The summed E-state index contributed by atoms with van der Waals surface area (Å²) in [5, 5.41) is 4.23. The molecule has 3 aliphatic rings. The number of likely N-dealkylation sites (tertiary alicyclic amines) is 1. The van der Waals surface area contributed by atoms with E-state index in [1.165, 1.54) is 0 Å². The summed E-state index contributed by atoms with van der Waals surface area (Å²) >= 11 is 12.3. The van der Waals surface area contributed by atoms with Crippen LogP contribution in [0.3, 0.4) is 0 Å². The Morgan fingerprint density at radius 2 is 1.65 bits per heavy atom. The van der Waals surface area contributed by atoms with Crippen LogP contribution in [0.5, 0.6) is 11.5 Å². The third-order valence-electron chi connectivity index (χ3n) is 8.56. The zero-order valence-electron chi connectivity index (χ0n) is 21.4. The molecule has 2 saturated carbocycles. The fourth-order valence-corrected chi connectivity index (χ4v) is 6.42. The van der Waals surface area contributed by atoms with Crippen molar-refractivity contribution >= 4 is 35.0 Å². The van der Waals surface area contributed by atoms with E-state index in [0.29, 0.717) is 34.4 Å². The van der Waals surface area contributed by atoms with Gasteiger partial charge in [0.15, 0.2) is 11.5 Å². The predicted molar refractivity (Wildman–Crippen MR) is 145 cm³/mol. The van der Waals surface area contributed by atoms with Gasteiger partial charge in [-0.15, -0.1) is 0 Å². The SMILES string of the molecule is COc1ccc(CCC(=O)NC2CC3(CCN(C(=O)C4(c5ccc(Cl)c(Cl)c5)CC4)CC3)C2)cc1OC. The predicted octanol–water partition coefficient (Wildman–Crippen LogP) is 5.56. The molecule has 2 aromatic rings. The number of amides is 2. The number of benzene rings is 2. The molecule has 2 amide bonds. The lowest BCUT2D eigenvalue weighted by Crippen LogP contribution is -2.56. The second-order valence-corrected chi connectivity index (χ2v) is 11.7. The summed E-state index contributed by atoms with van der Waals surface area (Å²) < 4.78 is 10.6. The van der Waals surface area contributed by atoms with Gasteiger partial charge in [0.1, 0.15) is 0 Å². The molecule has 0 unspecified atom stereocenters. The number of ether oxygens (including phenoxy) is 2. The fraction of sp³-hybridized carbons (Fsp3) is 0.517. The number of aryl methyl sites for hydroxylation is 1. The van der Waals surface area contributed by atoms with E-state index in [1.54, 1.807) is 20.3 Å². The minimum absolute atomic E-state index is 0.0829. The number of halogens is 2. The van der Waals surface area contributed by atoms with Crippen LogP contribution in [0.15, 0.2) is 36.4 Å². The van der Waals surface area contributed by atoms with Crippen molar-refractivity contribution in [2.24, 2.45) is 5.41 Å². The third-order valence-corrected chi connectivity index (χ3v) is 9.29. The maximum atomic E-state index is 13.4. The molecule has 1 aliphatic heterocycles. The van der Waals surface area contributed by atoms with Gasteiger partial charge in [-0.3, -0.25) is 9.59 Å². The van der Waals surface area contributed by atoms with Crippen LogP contribution in [0.25, 0.3) is 0 Å². The van der Waals surface area contributed by atoms with Gasteiger partial charge in [-0.25, -0.2) is 0 Å². The van der Waals surface area contributed by atoms with Gasteiger partial charge in [-0.2, -0.15) is 0 Å². The largest absolute Gasteiger partial charge is 0.493 e. The van der Waals surface area contributed by atoms with E-state index in [-0.39, 0.29) is 23.3 Å². The summed E-state index contributed by atoms with van der Waals surface area (Å²) in [4.78, 5) is 28.1. The van der Waals surface area contributed by atoms with Crippen molar-refractivity contribution in [2.45, 2.75) is 62.8 Å². The summed E-state index contributed by atoms with van der Waals surface area (Å²) in [6.07, 6.45) is 6.80. The zero-order valence-corrected chi connectivity index (χ0v) is 23.0. The molecule has 0 radical (unpaired) electrons. The maximum absolute atomic E-state index is 13.4. The molecule has 0 aromatic heterocycles. The van der Waals surface area contributed by atoms with Crippen LogP contribution in [0.2, 0.25) is 10.0 Å². The topological polar surface area (TPSA) is 67.9 Å². The van der Waals surface area contributed by atoms with E-state index in [9.17, 15) is 9.59 Å². The highest BCUT2D eigenvalue weighted by molar-refractivity contribution is 6.42. The molecule has 2 aromatic carbocycles. The first kappa shape index (κ1) is 26.2. The van der Waals surface area contributed by atoms with Crippen LogP contribution in [-0.4, -0.2) is 50.1 Å². The molecule has 37 heavy (non-hydrogen) atoms. The Balaban J connectivity index is 1.07. The molecule has 1 saturated heterocycles. The van der Waals surface area contributed by atoms with E-state index in [1.807, 2.05) is 35.2 Å². The highest BCUT2D eigenvalue weighted by Gasteiger charge is 2.55. The van der Waals surface area contributed by atoms with Gasteiger partial charge in [0.2, 0.25) is 11.8 Å². The van der Waals surface area contributed by atoms with Gasteiger partial charge < -0.3 is 19.7 Å². The summed E-state index contributed by atoms with van der Waals surface area (Å²) in [5.41, 5.74) is 1.84. The van der Waals surface area contributed by atoms with Crippen LogP contribution in [0.1, 0.15) is 56.1 Å². The fourth-order valence-electron chi connectivity index (χ4n) is 6.12. The van der Waals surface area contributed by atoms with Crippen LogP contribution < -0.4 is 14.8 Å². The van der Waals surface area contributed by atoms with Crippen LogP contribution >= 0.6 is 23.2 Å². The molecule has 8 heteroatoms. The Morgan fingerprint density at radius 1 is 0.946 bits per heavy atom. The van der Waals surface area contributed by atoms with Crippen molar-refractivity contribution in [3.8, 4) is 11.5 Å². The first-order chi connectivity index (χ1) is 17.8.